The summed E-state index contributed by atoms with van der Waals surface area (Å²) >= 11 is 1.58. The molecule has 1 aromatic rings. The summed E-state index contributed by atoms with van der Waals surface area (Å²) in [6, 6.07) is 0.606. The maximum absolute atomic E-state index is 12.8. The number of ether oxygens (including phenoxy) is 1. The molecule has 1 amide bonds. The quantitative estimate of drug-likeness (QED) is 0.603. The van der Waals surface area contributed by atoms with Crippen LogP contribution < -0.4 is 5.32 Å². The van der Waals surface area contributed by atoms with Crippen molar-refractivity contribution in [2.24, 2.45) is 0 Å². The molecule has 3 aliphatic rings. The number of rotatable bonds is 5. The van der Waals surface area contributed by atoms with E-state index in [0.717, 1.165) is 50.9 Å². The molecule has 2 aliphatic heterocycles. The van der Waals surface area contributed by atoms with Crippen molar-refractivity contribution in [3.8, 4) is 0 Å². The van der Waals surface area contributed by atoms with Crippen LogP contribution in [0.4, 0.5) is 5.00 Å². The third-order valence-electron chi connectivity index (χ3n) is 6.19. The van der Waals surface area contributed by atoms with Crippen molar-refractivity contribution < 1.29 is 14.3 Å². The van der Waals surface area contributed by atoms with Gasteiger partial charge in [-0.3, -0.25) is 14.6 Å². The Morgan fingerprint density at radius 2 is 2.00 bits per heavy atom. The molecule has 1 aromatic heterocycles. The predicted molar refractivity (Wildman–Crippen MR) is 111 cm³/mol. The summed E-state index contributed by atoms with van der Waals surface area (Å²) in [4.78, 5) is 31.4. The molecule has 0 bridgehead atoms. The number of nitrogens with one attached hydrogen (secondary N) is 1. The molecule has 6 nitrogen and oxygen atoms in total. The Kier molecular flexibility index (Phi) is 6.33. The van der Waals surface area contributed by atoms with Gasteiger partial charge >= 0.3 is 5.97 Å². The van der Waals surface area contributed by atoms with Crippen molar-refractivity contribution in [3.63, 3.8) is 0 Å². The van der Waals surface area contributed by atoms with Crippen molar-refractivity contribution in [2.75, 3.05) is 44.6 Å². The fourth-order valence-corrected chi connectivity index (χ4v) is 6.11. The molecule has 154 valence electrons. The number of nitrogens with zero attached hydrogens (tertiary/aromatic N) is 2. The van der Waals surface area contributed by atoms with Gasteiger partial charge in [0.1, 0.15) is 5.00 Å². The lowest BCUT2D eigenvalue weighted by Gasteiger charge is -2.37. The summed E-state index contributed by atoms with van der Waals surface area (Å²) < 4.78 is 5.31. The normalized spacial score (nSPS) is 23.0. The van der Waals surface area contributed by atoms with E-state index in [1.165, 1.54) is 30.7 Å². The highest BCUT2D eigenvalue weighted by Crippen LogP contribution is 2.38. The Morgan fingerprint density at radius 1 is 1.14 bits per heavy atom. The minimum Gasteiger partial charge on any atom is -0.462 e. The van der Waals surface area contributed by atoms with Gasteiger partial charge in [-0.1, -0.05) is 6.42 Å². The molecule has 3 heterocycles. The predicted octanol–water partition coefficient (Wildman–Crippen LogP) is 2.91. The fourth-order valence-electron chi connectivity index (χ4n) is 4.82. The lowest BCUT2D eigenvalue weighted by molar-refractivity contribution is -0.117. The summed E-state index contributed by atoms with van der Waals surface area (Å²) in [5.74, 6) is -0.315. The average molecular weight is 406 g/mol. The molecule has 2 saturated heterocycles. The Balaban J connectivity index is 1.46. The van der Waals surface area contributed by atoms with Gasteiger partial charge in [0.15, 0.2) is 0 Å². The van der Waals surface area contributed by atoms with Gasteiger partial charge in [0.05, 0.1) is 18.7 Å². The van der Waals surface area contributed by atoms with Crippen LogP contribution in [-0.4, -0.2) is 67.0 Å². The number of esters is 1. The van der Waals surface area contributed by atoms with Crippen LogP contribution in [0.5, 0.6) is 0 Å². The highest BCUT2D eigenvalue weighted by atomic mass is 32.1. The number of fused-ring (bicyclic) bond motifs is 2. The molecule has 1 unspecified atom stereocenters. The molecule has 7 heteroatoms. The third kappa shape index (κ3) is 4.26. The van der Waals surface area contributed by atoms with Crippen molar-refractivity contribution in [3.05, 3.63) is 16.0 Å². The number of piperazine rings is 1. The van der Waals surface area contributed by atoms with Gasteiger partial charge in [0, 0.05) is 30.6 Å². The number of amides is 1. The average Bonchev–Trinajstić information content (AvgIpc) is 3.19. The molecule has 1 atom stereocenters. The van der Waals surface area contributed by atoms with Gasteiger partial charge < -0.3 is 10.1 Å². The molecule has 0 radical (unpaired) electrons. The highest BCUT2D eigenvalue weighted by Gasteiger charge is 2.32. The van der Waals surface area contributed by atoms with Crippen LogP contribution >= 0.6 is 11.3 Å². The van der Waals surface area contributed by atoms with Crippen molar-refractivity contribution in [1.82, 2.24) is 9.80 Å². The number of hydrogen-bond acceptors (Lipinski definition) is 6. The topological polar surface area (TPSA) is 61.9 Å². The minimum atomic E-state index is -0.295. The summed E-state index contributed by atoms with van der Waals surface area (Å²) in [6.07, 6.45) is 7.84. The highest BCUT2D eigenvalue weighted by molar-refractivity contribution is 7.17. The zero-order valence-electron chi connectivity index (χ0n) is 16.8. The van der Waals surface area contributed by atoms with E-state index in [0.29, 0.717) is 29.8 Å². The number of anilines is 1. The summed E-state index contributed by atoms with van der Waals surface area (Å²) in [7, 11) is 0. The number of carbonyl (C=O) groups excluding carboxylic acids is 2. The molecule has 0 aromatic carbocycles. The molecule has 1 aliphatic carbocycles. The second-order valence-corrected chi connectivity index (χ2v) is 9.21. The van der Waals surface area contributed by atoms with Crippen LogP contribution in [-0.2, 0) is 22.4 Å². The van der Waals surface area contributed by atoms with Gasteiger partial charge in [0.25, 0.3) is 0 Å². The van der Waals surface area contributed by atoms with E-state index in [1.54, 1.807) is 11.3 Å². The van der Waals surface area contributed by atoms with E-state index < -0.39 is 0 Å². The van der Waals surface area contributed by atoms with Gasteiger partial charge in [-0.15, -0.1) is 11.3 Å². The van der Waals surface area contributed by atoms with Crippen LogP contribution in [0, 0.1) is 0 Å². The smallest absolute Gasteiger partial charge is 0.341 e. The summed E-state index contributed by atoms with van der Waals surface area (Å²) in [5.41, 5.74) is 1.72. The molecule has 4 rings (SSSR count). The Bertz CT molecular complexity index is 733. The molecule has 2 fully saturated rings. The van der Waals surface area contributed by atoms with Gasteiger partial charge in [0.2, 0.25) is 5.91 Å². The van der Waals surface area contributed by atoms with Crippen molar-refractivity contribution in [1.29, 1.82) is 0 Å². The van der Waals surface area contributed by atoms with Gasteiger partial charge in [-0.25, -0.2) is 4.79 Å². The van der Waals surface area contributed by atoms with Crippen LogP contribution in [0.1, 0.15) is 59.8 Å². The number of carbonyl (C=O) groups is 2. The fraction of sp³-hybridized carbons (Fsp3) is 0.714. The zero-order valence-corrected chi connectivity index (χ0v) is 17.6. The van der Waals surface area contributed by atoms with Crippen LogP contribution in [0.15, 0.2) is 0 Å². The molecular weight excluding hydrogens is 374 g/mol. The Morgan fingerprint density at radius 3 is 2.86 bits per heavy atom. The third-order valence-corrected chi connectivity index (χ3v) is 7.40. The standard InChI is InChI=1S/C21H31N3O3S/c1-2-27-21(26)19-16-8-4-3-5-9-17(16)28-20(19)22-18(25)14-23-11-12-24-10-6-7-15(24)13-23/h15H,2-14H2,1H3,(H,22,25). The van der Waals surface area contributed by atoms with Crippen molar-refractivity contribution in [2.45, 2.75) is 57.9 Å². The monoisotopic (exact) mass is 405 g/mol. The Labute approximate surface area is 171 Å². The van der Waals surface area contributed by atoms with E-state index >= 15 is 0 Å². The van der Waals surface area contributed by atoms with Gasteiger partial charge in [-0.05, 0) is 57.6 Å². The number of thiophene rings is 1. The lowest BCUT2D eigenvalue weighted by atomic mass is 10.1. The van der Waals surface area contributed by atoms with Crippen LogP contribution in [0.25, 0.3) is 0 Å². The first-order valence-electron chi connectivity index (χ1n) is 10.7. The van der Waals surface area contributed by atoms with E-state index in [9.17, 15) is 9.59 Å². The van der Waals surface area contributed by atoms with Gasteiger partial charge in [-0.2, -0.15) is 0 Å². The first-order chi connectivity index (χ1) is 13.7. The number of aryl methyl sites for hydroxylation is 1. The van der Waals surface area contributed by atoms with Crippen molar-refractivity contribution >= 4 is 28.2 Å². The summed E-state index contributed by atoms with van der Waals surface area (Å²) in [5, 5.41) is 3.75. The molecule has 1 N–H and O–H groups in total. The molecular formula is C21H31N3O3S. The lowest BCUT2D eigenvalue weighted by Crippen LogP contribution is -2.51. The molecule has 0 spiro atoms. The van der Waals surface area contributed by atoms with E-state index in [1.807, 2.05) is 6.92 Å². The van der Waals surface area contributed by atoms with Crippen LogP contribution in [0.3, 0.4) is 0 Å². The maximum Gasteiger partial charge on any atom is 0.341 e. The number of hydrogen-bond donors (Lipinski definition) is 1. The maximum atomic E-state index is 12.8. The van der Waals surface area contributed by atoms with E-state index in [2.05, 4.69) is 15.1 Å². The molecule has 0 saturated carbocycles. The minimum absolute atomic E-state index is 0.0200. The Hall–Kier alpha value is -1.44. The van der Waals surface area contributed by atoms with E-state index in [-0.39, 0.29) is 11.9 Å². The van der Waals surface area contributed by atoms with Crippen LogP contribution in [0.2, 0.25) is 0 Å². The zero-order chi connectivity index (χ0) is 19.5. The largest absolute Gasteiger partial charge is 0.462 e. The SMILES string of the molecule is CCOC(=O)c1c(NC(=O)CN2CCN3CCCC3C2)sc2c1CCCCC2. The second kappa shape index (κ2) is 8.93. The first kappa shape index (κ1) is 19.9. The first-order valence-corrected chi connectivity index (χ1v) is 11.5. The summed E-state index contributed by atoms with van der Waals surface area (Å²) in [6.45, 7) is 6.74. The molecule has 28 heavy (non-hydrogen) atoms. The van der Waals surface area contributed by atoms with E-state index in [4.69, 9.17) is 4.74 Å². The second-order valence-electron chi connectivity index (χ2n) is 8.10.